The minimum atomic E-state index is -3.47. The van der Waals surface area contributed by atoms with Crippen LogP contribution in [0.1, 0.15) is 54.2 Å². The van der Waals surface area contributed by atoms with Gasteiger partial charge < -0.3 is 5.32 Å². The van der Waals surface area contributed by atoms with E-state index in [9.17, 15) is 13.2 Å². The average molecular weight is 481 g/mol. The van der Waals surface area contributed by atoms with Gasteiger partial charge in [0, 0.05) is 19.6 Å². The molecular weight excluding hydrogens is 448 g/mol. The van der Waals surface area contributed by atoms with Crippen LogP contribution >= 0.6 is 0 Å². The molecule has 0 bridgehead atoms. The van der Waals surface area contributed by atoms with Gasteiger partial charge in [0.2, 0.25) is 10.0 Å². The fourth-order valence-electron chi connectivity index (χ4n) is 4.41. The number of carbonyl (C=O) groups is 1. The first-order valence-electron chi connectivity index (χ1n) is 11.8. The normalized spacial score (nSPS) is 15.5. The summed E-state index contributed by atoms with van der Waals surface area (Å²) < 4.78 is 29.0. The fourth-order valence-corrected chi connectivity index (χ4v) is 5.90. The molecule has 2 heterocycles. The second-order valence-electron chi connectivity index (χ2n) is 9.22. The van der Waals surface area contributed by atoms with E-state index >= 15 is 0 Å². The molecule has 1 amide bonds. The number of hydrogen-bond donors (Lipinski definition) is 1. The van der Waals surface area contributed by atoms with Crippen molar-refractivity contribution >= 4 is 15.9 Å². The first kappa shape index (κ1) is 24.2. The topological polar surface area (TPSA) is 84.3 Å². The summed E-state index contributed by atoms with van der Waals surface area (Å²) >= 11 is 0. The van der Waals surface area contributed by atoms with Gasteiger partial charge in [-0.1, -0.05) is 49.7 Å². The second-order valence-corrected chi connectivity index (χ2v) is 11.2. The average Bonchev–Trinajstić information content (AvgIpc) is 3.29. The molecule has 1 aromatic heterocycles. The highest BCUT2D eigenvalue weighted by Crippen LogP contribution is 2.25. The fraction of sp³-hybridized carbons (Fsp3) is 0.385. The molecular formula is C26H32N4O3S. The van der Waals surface area contributed by atoms with Gasteiger partial charge in [-0.15, -0.1) is 0 Å². The standard InChI is InChI=1S/C26H32N4O3S/c1-19(2)25-24(18-28-30(25)22-11-9-20(3)10-12-22)26(31)27-17-21-13-15-29(16-14-21)34(32,33)23-7-5-4-6-8-23/h4-12,18-19,21H,13-17H2,1-3H3,(H,27,31). The SMILES string of the molecule is Cc1ccc(-n2ncc(C(=O)NCC3CCN(S(=O)(=O)c4ccccc4)CC3)c2C(C)C)cc1. The number of hydrogen-bond acceptors (Lipinski definition) is 4. The highest BCUT2D eigenvalue weighted by Gasteiger charge is 2.30. The molecule has 1 fully saturated rings. The molecule has 4 rings (SSSR count). The van der Waals surface area contributed by atoms with Crippen LogP contribution in [0.25, 0.3) is 5.69 Å². The Balaban J connectivity index is 1.38. The summed E-state index contributed by atoms with van der Waals surface area (Å²) in [7, 11) is -3.47. The van der Waals surface area contributed by atoms with Crippen LogP contribution in [0.4, 0.5) is 0 Å². The van der Waals surface area contributed by atoms with Gasteiger partial charge in [-0.25, -0.2) is 13.1 Å². The third kappa shape index (κ3) is 5.08. The predicted octanol–water partition coefficient (Wildman–Crippen LogP) is 4.13. The van der Waals surface area contributed by atoms with Crippen molar-refractivity contribution in [3.8, 4) is 5.69 Å². The molecule has 1 aliphatic rings. The zero-order valence-corrected chi connectivity index (χ0v) is 20.8. The molecule has 1 saturated heterocycles. The number of rotatable bonds is 7. The van der Waals surface area contributed by atoms with Gasteiger partial charge >= 0.3 is 0 Å². The molecule has 0 radical (unpaired) electrons. The van der Waals surface area contributed by atoms with Gasteiger partial charge in [0.05, 0.1) is 28.0 Å². The van der Waals surface area contributed by atoms with Crippen LogP contribution in [0.5, 0.6) is 0 Å². The second kappa shape index (κ2) is 10.1. The lowest BCUT2D eigenvalue weighted by molar-refractivity contribution is 0.0940. The lowest BCUT2D eigenvalue weighted by Crippen LogP contribution is -2.41. The highest BCUT2D eigenvalue weighted by molar-refractivity contribution is 7.89. The van der Waals surface area contributed by atoms with Gasteiger partial charge in [0.25, 0.3) is 5.91 Å². The van der Waals surface area contributed by atoms with Crippen molar-refractivity contribution in [1.82, 2.24) is 19.4 Å². The van der Waals surface area contributed by atoms with Gasteiger partial charge in [0.1, 0.15) is 0 Å². The van der Waals surface area contributed by atoms with Crippen molar-refractivity contribution in [1.29, 1.82) is 0 Å². The molecule has 1 aliphatic heterocycles. The lowest BCUT2D eigenvalue weighted by atomic mass is 9.98. The van der Waals surface area contributed by atoms with Crippen molar-refractivity contribution in [2.24, 2.45) is 5.92 Å². The molecule has 0 unspecified atom stereocenters. The van der Waals surface area contributed by atoms with Crippen LogP contribution < -0.4 is 5.32 Å². The minimum Gasteiger partial charge on any atom is -0.352 e. The molecule has 0 spiro atoms. The van der Waals surface area contributed by atoms with Crippen LogP contribution in [0, 0.1) is 12.8 Å². The summed E-state index contributed by atoms with van der Waals surface area (Å²) in [6.07, 6.45) is 3.07. The van der Waals surface area contributed by atoms with E-state index in [4.69, 9.17) is 0 Å². The van der Waals surface area contributed by atoms with Gasteiger partial charge in [-0.05, 0) is 55.9 Å². The van der Waals surface area contributed by atoms with E-state index in [0.717, 1.165) is 11.4 Å². The smallest absolute Gasteiger partial charge is 0.254 e. The van der Waals surface area contributed by atoms with Crippen LogP contribution in [0.15, 0.2) is 65.7 Å². The number of aromatic nitrogens is 2. The van der Waals surface area contributed by atoms with Crippen molar-refractivity contribution in [2.45, 2.75) is 44.4 Å². The van der Waals surface area contributed by atoms with Crippen LogP contribution in [-0.4, -0.2) is 48.0 Å². The molecule has 0 saturated carbocycles. The molecule has 0 atom stereocenters. The summed E-state index contributed by atoms with van der Waals surface area (Å²) in [6, 6.07) is 16.6. The maximum Gasteiger partial charge on any atom is 0.254 e. The number of carbonyl (C=O) groups excluding carboxylic acids is 1. The first-order chi connectivity index (χ1) is 16.3. The Hall–Kier alpha value is -2.97. The van der Waals surface area contributed by atoms with E-state index in [2.05, 4.69) is 24.3 Å². The van der Waals surface area contributed by atoms with Gasteiger partial charge in [-0.3, -0.25) is 4.79 Å². The first-order valence-corrected chi connectivity index (χ1v) is 13.2. The van der Waals surface area contributed by atoms with Crippen molar-refractivity contribution in [2.75, 3.05) is 19.6 Å². The Morgan fingerprint density at radius 2 is 1.71 bits per heavy atom. The predicted molar refractivity (Wildman–Crippen MR) is 133 cm³/mol. The van der Waals surface area contributed by atoms with Crippen molar-refractivity contribution < 1.29 is 13.2 Å². The number of benzene rings is 2. The van der Waals surface area contributed by atoms with Crippen LogP contribution in [-0.2, 0) is 10.0 Å². The number of piperidine rings is 1. The number of nitrogens with zero attached hydrogens (tertiary/aromatic N) is 3. The van der Waals surface area contributed by atoms with E-state index in [1.165, 1.54) is 5.56 Å². The number of sulfonamides is 1. The Morgan fingerprint density at radius 3 is 2.32 bits per heavy atom. The molecule has 1 N–H and O–H groups in total. The zero-order chi connectivity index (χ0) is 24.3. The number of aryl methyl sites for hydroxylation is 1. The summed E-state index contributed by atoms with van der Waals surface area (Å²) in [5.41, 5.74) is 3.56. The number of nitrogens with one attached hydrogen (secondary N) is 1. The Labute approximate surface area is 201 Å². The molecule has 8 heteroatoms. The van der Waals surface area contributed by atoms with Crippen LogP contribution in [0.3, 0.4) is 0 Å². The Bertz CT molecular complexity index is 1230. The molecule has 2 aromatic carbocycles. The Kier molecular flexibility index (Phi) is 7.19. The monoisotopic (exact) mass is 480 g/mol. The highest BCUT2D eigenvalue weighted by atomic mass is 32.2. The largest absolute Gasteiger partial charge is 0.352 e. The van der Waals surface area contributed by atoms with Crippen molar-refractivity contribution in [3.63, 3.8) is 0 Å². The molecule has 180 valence electrons. The number of amides is 1. The summed E-state index contributed by atoms with van der Waals surface area (Å²) in [5.74, 6) is 0.221. The summed E-state index contributed by atoms with van der Waals surface area (Å²) in [4.78, 5) is 13.4. The molecule has 3 aromatic rings. The molecule has 7 nitrogen and oxygen atoms in total. The summed E-state index contributed by atoms with van der Waals surface area (Å²) in [6.45, 7) is 7.59. The molecule has 34 heavy (non-hydrogen) atoms. The third-order valence-corrected chi connectivity index (χ3v) is 8.30. The lowest BCUT2D eigenvalue weighted by Gasteiger charge is -2.31. The van der Waals surface area contributed by atoms with E-state index in [-0.39, 0.29) is 17.7 Å². The maximum absolute atomic E-state index is 13.0. The summed E-state index contributed by atoms with van der Waals surface area (Å²) in [5, 5.41) is 7.56. The van der Waals surface area contributed by atoms with Crippen molar-refractivity contribution in [3.05, 3.63) is 77.6 Å². The van der Waals surface area contributed by atoms with E-state index in [0.29, 0.717) is 42.9 Å². The Morgan fingerprint density at radius 1 is 1.06 bits per heavy atom. The van der Waals surface area contributed by atoms with E-state index in [1.807, 2.05) is 41.9 Å². The van der Waals surface area contributed by atoms with Gasteiger partial charge in [-0.2, -0.15) is 9.40 Å². The van der Waals surface area contributed by atoms with E-state index < -0.39 is 10.0 Å². The third-order valence-electron chi connectivity index (χ3n) is 6.38. The van der Waals surface area contributed by atoms with Crippen LogP contribution in [0.2, 0.25) is 0 Å². The molecule has 0 aliphatic carbocycles. The zero-order valence-electron chi connectivity index (χ0n) is 19.9. The quantitative estimate of drug-likeness (QED) is 0.551. The maximum atomic E-state index is 13.0. The van der Waals surface area contributed by atoms with Gasteiger partial charge in [0.15, 0.2) is 0 Å². The minimum absolute atomic E-state index is 0.121. The van der Waals surface area contributed by atoms with E-state index in [1.54, 1.807) is 34.8 Å².